The number of aryl methyl sites for hydroxylation is 1. The third kappa shape index (κ3) is 5.05. The van der Waals surface area contributed by atoms with Crippen LogP contribution in [-0.2, 0) is 11.2 Å². The average molecular weight is 356 g/mol. The Morgan fingerprint density at radius 2 is 2.00 bits per heavy atom. The number of rotatable bonds is 7. The van der Waals surface area contributed by atoms with E-state index in [1.54, 1.807) is 12.1 Å². The Labute approximate surface area is 154 Å². The number of ether oxygens (including phenoxy) is 1. The molecule has 1 N–H and O–H groups in total. The molecule has 5 heteroatoms. The van der Waals surface area contributed by atoms with Gasteiger partial charge in [-0.15, -0.1) is 0 Å². The molecule has 0 aliphatic heterocycles. The van der Waals surface area contributed by atoms with Crippen molar-refractivity contribution >= 4 is 5.91 Å². The molecule has 1 amide bonds. The predicted molar refractivity (Wildman–Crippen MR) is 99.7 cm³/mol. The first-order valence-corrected chi connectivity index (χ1v) is 9.06. The van der Waals surface area contributed by atoms with E-state index in [1.807, 2.05) is 18.0 Å². The van der Waals surface area contributed by atoms with E-state index in [0.29, 0.717) is 25.4 Å². The molecule has 0 unspecified atom stereocenters. The number of carbonyl (C=O) groups excluding carboxylic acids is 1. The molecule has 0 spiro atoms. The van der Waals surface area contributed by atoms with Crippen molar-refractivity contribution in [2.45, 2.75) is 25.3 Å². The number of carbonyl (C=O) groups is 1. The van der Waals surface area contributed by atoms with Gasteiger partial charge in [0.15, 0.2) is 0 Å². The van der Waals surface area contributed by atoms with Crippen LogP contribution in [0.25, 0.3) is 0 Å². The fourth-order valence-corrected chi connectivity index (χ4v) is 3.32. The Morgan fingerprint density at radius 3 is 2.81 bits per heavy atom. The summed E-state index contributed by atoms with van der Waals surface area (Å²) in [5, 5.41) is 3.16. The molecule has 2 aromatic rings. The summed E-state index contributed by atoms with van der Waals surface area (Å²) in [7, 11) is 1.89. The predicted octanol–water partition coefficient (Wildman–Crippen LogP) is 3.33. The van der Waals surface area contributed by atoms with Crippen molar-refractivity contribution in [1.82, 2.24) is 10.2 Å². The molecule has 3 rings (SSSR count). The summed E-state index contributed by atoms with van der Waals surface area (Å²) < 4.78 is 18.4. The topological polar surface area (TPSA) is 41.6 Å². The molecule has 0 saturated carbocycles. The van der Waals surface area contributed by atoms with E-state index >= 15 is 0 Å². The zero-order valence-corrected chi connectivity index (χ0v) is 15.1. The number of benzene rings is 2. The van der Waals surface area contributed by atoms with Crippen LogP contribution >= 0.6 is 0 Å². The largest absolute Gasteiger partial charge is 0.492 e. The summed E-state index contributed by atoms with van der Waals surface area (Å²) in [6, 6.07) is 14.4. The minimum absolute atomic E-state index is 0.0241. The summed E-state index contributed by atoms with van der Waals surface area (Å²) >= 11 is 0. The summed E-state index contributed by atoms with van der Waals surface area (Å²) in [5.74, 6) is 0.370. The van der Waals surface area contributed by atoms with Crippen LogP contribution in [0.2, 0.25) is 0 Å². The van der Waals surface area contributed by atoms with E-state index in [4.69, 9.17) is 4.74 Å². The Kier molecular flexibility index (Phi) is 6.23. The normalized spacial score (nSPS) is 16.2. The number of halogens is 1. The molecule has 0 saturated heterocycles. The van der Waals surface area contributed by atoms with Gasteiger partial charge in [-0.25, -0.2) is 4.39 Å². The summed E-state index contributed by atoms with van der Waals surface area (Å²) in [5.41, 5.74) is 2.58. The lowest BCUT2D eigenvalue weighted by Gasteiger charge is -2.27. The number of fused-ring (bicyclic) bond motifs is 1. The summed E-state index contributed by atoms with van der Waals surface area (Å²) in [4.78, 5) is 14.3. The smallest absolute Gasteiger partial charge is 0.234 e. The number of nitrogens with one attached hydrogen (secondary N) is 1. The van der Waals surface area contributed by atoms with E-state index in [1.165, 1.54) is 23.3 Å². The maximum Gasteiger partial charge on any atom is 0.234 e. The SMILES string of the molecule is CN(CCOc1ccc(F)cc1)CC(=O)N[C@@H]1CCCc2ccccc21. The van der Waals surface area contributed by atoms with E-state index in [9.17, 15) is 9.18 Å². The van der Waals surface area contributed by atoms with Gasteiger partial charge in [-0.1, -0.05) is 24.3 Å². The first-order valence-electron chi connectivity index (χ1n) is 9.06. The Balaban J connectivity index is 1.42. The highest BCUT2D eigenvalue weighted by Crippen LogP contribution is 2.29. The van der Waals surface area contributed by atoms with Crippen molar-refractivity contribution < 1.29 is 13.9 Å². The number of amides is 1. The first kappa shape index (κ1) is 18.4. The molecular formula is C21H25FN2O2. The number of hydrogen-bond donors (Lipinski definition) is 1. The van der Waals surface area contributed by atoms with Gasteiger partial charge in [0.1, 0.15) is 18.2 Å². The standard InChI is InChI=1S/C21H25FN2O2/c1-24(13-14-26-18-11-9-17(22)10-12-18)15-21(25)23-20-8-4-6-16-5-2-3-7-19(16)20/h2-3,5,7,9-12,20H,4,6,8,13-15H2,1H3,(H,23,25)/t20-/m1/s1. The van der Waals surface area contributed by atoms with Crippen molar-refractivity contribution in [2.24, 2.45) is 0 Å². The molecule has 2 aromatic carbocycles. The van der Waals surface area contributed by atoms with Gasteiger partial charge in [0, 0.05) is 6.54 Å². The average Bonchev–Trinajstić information content (AvgIpc) is 2.63. The fraction of sp³-hybridized carbons (Fsp3) is 0.381. The maximum atomic E-state index is 12.9. The van der Waals surface area contributed by atoms with Crippen molar-refractivity contribution in [3.8, 4) is 5.75 Å². The van der Waals surface area contributed by atoms with Gasteiger partial charge < -0.3 is 10.1 Å². The van der Waals surface area contributed by atoms with Crippen LogP contribution in [0.15, 0.2) is 48.5 Å². The molecule has 0 aromatic heterocycles. The first-order chi connectivity index (χ1) is 12.6. The highest BCUT2D eigenvalue weighted by molar-refractivity contribution is 5.78. The molecule has 1 aliphatic carbocycles. The number of likely N-dealkylation sites (N-methyl/N-ethyl adjacent to an activating group) is 1. The Morgan fingerprint density at radius 1 is 1.23 bits per heavy atom. The van der Waals surface area contributed by atoms with Crippen LogP contribution < -0.4 is 10.1 Å². The lowest BCUT2D eigenvalue weighted by Crippen LogP contribution is -2.39. The molecule has 4 nitrogen and oxygen atoms in total. The third-order valence-electron chi connectivity index (χ3n) is 4.67. The van der Waals surface area contributed by atoms with Crippen LogP contribution in [0.4, 0.5) is 4.39 Å². The second-order valence-corrected chi connectivity index (χ2v) is 6.75. The molecule has 1 atom stereocenters. The minimum atomic E-state index is -0.282. The lowest BCUT2D eigenvalue weighted by atomic mass is 9.88. The van der Waals surface area contributed by atoms with Crippen LogP contribution in [0.5, 0.6) is 5.75 Å². The quantitative estimate of drug-likeness (QED) is 0.827. The zero-order chi connectivity index (χ0) is 18.4. The molecular weight excluding hydrogens is 331 g/mol. The van der Waals surface area contributed by atoms with Gasteiger partial charge in [0.2, 0.25) is 5.91 Å². The van der Waals surface area contributed by atoms with Gasteiger partial charge in [-0.05, 0) is 61.7 Å². The molecule has 0 radical (unpaired) electrons. The molecule has 0 fully saturated rings. The van der Waals surface area contributed by atoms with Gasteiger partial charge in [-0.2, -0.15) is 0 Å². The third-order valence-corrected chi connectivity index (χ3v) is 4.67. The lowest BCUT2D eigenvalue weighted by molar-refractivity contribution is -0.122. The van der Waals surface area contributed by atoms with Crippen molar-refractivity contribution in [3.05, 3.63) is 65.5 Å². The van der Waals surface area contributed by atoms with Crippen LogP contribution in [0.3, 0.4) is 0 Å². The van der Waals surface area contributed by atoms with Crippen molar-refractivity contribution in [3.63, 3.8) is 0 Å². The highest BCUT2D eigenvalue weighted by atomic mass is 19.1. The molecule has 0 bridgehead atoms. The van der Waals surface area contributed by atoms with Crippen LogP contribution in [-0.4, -0.2) is 37.6 Å². The zero-order valence-electron chi connectivity index (χ0n) is 15.1. The van der Waals surface area contributed by atoms with Gasteiger partial charge in [-0.3, -0.25) is 9.69 Å². The van der Waals surface area contributed by atoms with E-state index < -0.39 is 0 Å². The maximum absolute atomic E-state index is 12.9. The monoisotopic (exact) mass is 356 g/mol. The Bertz CT molecular complexity index is 733. The second-order valence-electron chi connectivity index (χ2n) is 6.75. The molecule has 0 heterocycles. The number of nitrogens with zero attached hydrogens (tertiary/aromatic N) is 1. The van der Waals surface area contributed by atoms with Gasteiger partial charge >= 0.3 is 0 Å². The number of hydrogen-bond acceptors (Lipinski definition) is 3. The van der Waals surface area contributed by atoms with Crippen LogP contribution in [0.1, 0.15) is 30.0 Å². The van der Waals surface area contributed by atoms with E-state index in [-0.39, 0.29) is 17.8 Å². The summed E-state index contributed by atoms with van der Waals surface area (Å²) in [6.07, 6.45) is 3.17. The van der Waals surface area contributed by atoms with Gasteiger partial charge in [0.05, 0.1) is 12.6 Å². The minimum Gasteiger partial charge on any atom is -0.492 e. The molecule has 26 heavy (non-hydrogen) atoms. The molecule has 1 aliphatic rings. The fourth-order valence-electron chi connectivity index (χ4n) is 3.32. The summed E-state index contributed by atoms with van der Waals surface area (Å²) in [6.45, 7) is 1.39. The second kappa shape index (κ2) is 8.81. The van der Waals surface area contributed by atoms with Crippen molar-refractivity contribution in [2.75, 3.05) is 26.7 Å². The highest BCUT2D eigenvalue weighted by Gasteiger charge is 2.21. The molecule has 138 valence electrons. The van der Waals surface area contributed by atoms with Gasteiger partial charge in [0.25, 0.3) is 0 Å². The van der Waals surface area contributed by atoms with Crippen molar-refractivity contribution in [1.29, 1.82) is 0 Å². The van der Waals surface area contributed by atoms with E-state index in [0.717, 1.165) is 19.3 Å². The Hall–Kier alpha value is -2.40. The van der Waals surface area contributed by atoms with Crippen LogP contribution in [0, 0.1) is 5.82 Å². The van der Waals surface area contributed by atoms with E-state index in [2.05, 4.69) is 23.5 Å².